The molecule has 17 heavy (non-hydrogen) atoms. The van der Waals surface area contributed by atoms with E-state index >= 15 is 0 Å². The minimum absolute atomic E-state index is 0.0134. The van der Waals surface area contributed by atoms with Crippen LogP contribution in [0.1, 0.15) is 19.2 Å². The highest BCUT2D eigenvalue weighted by Crippen LogP contribution is 2.11. The normalized spacial score (nSPS) is 20.2. The highest BCUT2D eigenvalue weighted by atomic mass is 16.2. The average Bonchev–Trinajstić information content (AvgIpc) is 2.86. The molecule has 1 N–H and O–H groups in total. The van der Waals surface area contributed by atoms with Gasteiger partial charge in [-0.05, 0) is 13.0 Å². The van der Waals surface area contributed by atoms with Crippen molar-refractivity contribution in [1.29, 1.82) is 0 Å². The molecule has 1 unspecified atom stereocenters. The molecule has 0 spiro atoms. The summed E-state index contributed by atoms with van der Waals surface area (Å²) in [5.41, 5.74) is 0. The van der Waals surface area contributed by atoms with Gasteiger partial charge >= 0.3 is 0 Å². The Bertz CT molecular complexity index is 389. The van der Waals surface area contributed by atoms with Crippen LogP contribution in [0.2, 0.25) is 0 Å². The van der Waals surface area contributed by atoms with Gasteiger partial charge in [-0.1, -0.05) is 6.92 Å². The molecule has 0 aromatic carbocycles. The van der Waals surface area contributed by atoms with E-state index in [-0.39, 0.29) is 11.9 Å². The van der Waals surface area contributed by atoms with Crippen molar-refractivity contribution in [2.75, 3.05) is 19.6 Å². The van der Waals surface area contributed by atoms with Crippen LogP contribution in [0.4, 0.5) is 0 Å². The standard InChI is InChI=1S/C11H19N5O/c1-3-12-9-4-6-16(11(9)17)7-5-10-14-13-8-15(10)2/h8-9,12H,3-7H2,1-2H3. The summed E-state index contributed by atoms with van der Waals surface area (Å²) in [5.74, 6) is 1.14. The van der Waals surface area contributed by atoms with Gasteiger partial charge in [-0.3, -0.25) is 4.79 Å². The molecule has 1 aliphatic heterocycles. The van der Waals surface area contributed by atoms with Gasteiger partial charge in [0.25, 0.3) is 0 Å². The molecule has 0 saturated carbocycles. The second kappa shape index (κ2) is 5.27. The Kier molecular flexibility index (Phi) is 3.73. The van der Waals surface area contributed by atoms with Crippen LogP contribution >= 0.6 is 0 Å². The number of hydrogen-bond donors (Lipinski definition) is 1. The summed E-state index contributed by atoms with van der Waals surface area (Å²) in [5, 5.41) is 11.0. The summed E-state index contributed by atoms with van der Waals surface area (Å²) in [6, 6.07) is 0.0134. The number of likely N-dealkylation sites (N-methyl/N-ethyl adjacent to an activating group) is 1. The fourth-order valence-corrected chi connectivity index (χ4v) is 2.17. The summed E-state index contributed by atoms with van der Waals surface area (Å²) in [6.07, 6.45) is 3.36. The molecule has 2 heterocycles. The van der Waals surface area contributed by atoms with Gasteiger partial charge in [-0.2, -0.15) is 0 Å². The quantitative estimate of drug-likeness (QED) is 0.754. The maximum absolute atomic E-state index is 12.0. The molecule has 1 aromatic heterocycles. The van der Waals surface area contributed by atoms with Crippen LogP contribution in [0.15, 0.2) is 6.33 Å². The van der Waals surface area contributed by atoms with E-state index in [1.165, 1.54) is 0 Å². The summed E-state index contributed by atoms with van der Waals surface area (Å²) in [7, 11) is 1.92. The third kappa shape index (κ3) is 2.63. The van der Waals surface area contributed by atoms with Gasteiger partial charge < -0.3 is 14.8 Å². The molecule has 1 fully saturated rings. The second-order valence-corrected chi connectivity index (χ2v) is 4.33. The minimum Gasteiger partial charge on any atom is -0.341 e. The molecule has 94 valence electrons. The van der Waals surface area contributed by atoms with Crippen molar-refractivity contribution in [2.45, 2.75) is 25.8 Å². The number of nitrogens with one attached hydrogen (secondary N) is 1. The predicted molar refractivity (Wildman–Crippen MR) is 63.4 cm³/mol. The Balaban J connectivity index is 1.85. The molecule has 6 heteroatoms. The van der Waals surface area contributed by atoms with Gasteiger partial charge in [-0.25, -0.2) is 0 Å². The Morgan fingerprint density at radius 3 is 3.06 bits per heavy atom. The van der Waals surface area contributed by atoms with Crippen LogP contribution in [0, 0.1) is 0 Å². The first-order valence-electron chi connectivity index (χ1n) is 6.07. The fraction of sp³-hybridized carbons (Fsp3) is 0.727. The molecular formula is C11H19N5O. The van der Waals surface area contributed by atoms with Crippen molar-refractivity contribution < 1.29 is 4.79 Å². The number of aromatic nitrogens is 3. The summed E-state index contributed by atoms with van der Waals surface area (Å²) in [4.78, 5) is 13.9. The average molecular weight is 237 g/mol. The Hall–Kier alpha value is -1.43. The van der Waals surface area contributed by atoms with E-state index < -0.39 is 0 Å². The van der Waals surface area contributed by atoms with Crippen LogP contribution in [-0.4, -0.2) is 51.2 Å². The monoisotopic (exact) mass is 237 g/mol. The number of likely N-dealkylation sites (tertiary alicyclic amines) is 1. The Morgan fingerprint density at radius 1 is 1.59 bits per heavy atom. The molecular weight excluding hydrogens is 218 g/mol. The highest BCUT2D eigenvalue weighted by Gasteiger charge is 2.30. The van der Waals surface area contributed by atoms with E-state index in [2.05, 4.69) is 15.5 Å². The topological polar surface area (TPSA) is 63.0 Å². The molecule has 2 rings (SSSR count). The van der Waals surface area contributed by atoms with E-state index in [1.807, 2.05) is 23.4 Å². The number of rotatable bonds is 5. The van der Waals surface area contributed by atoms with Gasteiger partial charge in [0.05, 0.1) is 6.04 Å². The maximum Gasteiger partial charge on any atom is 0.239 e. The van der Waals surface area contributed by atoms with E-state index in [9.17, 15) is 4.79 Å². The van der Waals surface area contributed by atoms with Crippen molar-refractivity contribution in [2.24, 2.45) is 7.05 Å². The van der Waals surface area contributed by atoms with Gasteiger partial charge in [0.1, 0.15) is 12.2 Å². The molecule has 1 saturated heterocycles. The first-order valence-corrected chi connectivity index (χ1v) is 6.07. The zero-order valence-corrected chi connectivity index (χ0v) is 10.4. The number of hydrogen-bond acceptors (Lipinski definition) is 4. The fourth-order valence-electron chi connectivity index (χ4n) is 2.17. The van der Waals surface area contributed by atoms with Crippen molar-refractivity contribution in [3.63, 3.8) is 0 Å². The first kappa shape index (κ1) is 12.0. The van der Waals surface area contributed by atoms with Crippen LogP contribution < -0.4 is 5.32 Å². The number of nitrogens with zero attached hydrogens (tertiary/aromatic N) is 4. The summed E-state index contributed by atoms with van der Waals surface area (Å²) >= 11 is 0. The van der Waals surface area contributed by atoms with Crippen LogP contribution in [0.25, 0.3) is 0 Å². The predicted octanol–water partition coefficient (Wildman–Crippen LogP) is -0.432. The lowest BCUT2D eigenvalue weighted by Crippen LogP contribution is -2.38. The zero-order chi connectivity index (χ0) is 12.3. The van der Waals surface area contributed by atoms with Gasteiger partial charge in [0.15, 0.2) is 0 Å². The summed E-state index contributed by atoms with van der Waals surface area (Å²) in [6.45, 7) is 4.44. The first-order chi connectivity index (χ1) is 8.22. The lowest BCUT2D eigenvalue weighted by atomic mass is 10.2. The van der Waals surface area contributed by atoms with E-state index in [0.717, 1.165) is 38.3 Å². The maximum atomic E-state index is 12.0. The van der Waals surface area contributed by atoms with E-state index in [0.29, 0.717) is 0 Å². The van der Waals surface area contributed by atoms with E-state index in [1.54, 1.807) is 6.33 Å². The number of amides is 1. The molecule has 1 atom stereocenters. The molecule has 1 aromatic rings. The lowest BCUT2D eigenvalue weighted by molar-refractivity contribution is -0.129. The van der Waals surface area contributed by atoms with Gasteiger partial charge in [0, 0.05) is 26.6 Å². The number of carbonyl (C=O) groups is 1. The largest absolute Gasteiger partial charge is 0.341 e. The smallest absolute Gasteiger partial charge is 0.239 e. The third-order valence-electron chi connectivity index (χ3n) is 3.16. The van der Waals surface area contributed by atoms with Crippen LogP contribution in [-0.2, 0) is 18.3 Å². The lowest BCUT2D eigenvalue weighted by Gasteiger charge is -2.16. The minimum atomic E-state index is 0.0134. The van der Waals surface area contributed by atoms with Crippen LogP contribution in [0.3, 0.4) is 0 Å². The van der Waals surface area contributed by atoms with Gasteiger partial charge in [0.2, 0.25) is 5.91 Å². The SMILES string of the molecule is CCNC1CCN(CCc2nncn2C)C1=O. The Labute approximate surface area is 101 Å². The highest BCUT2D eigenvalue weighted by molar-refractivity contribution is 5.83. The van der Waals surface area contributed by atoms with E-state index in [4.69, 9.17) is 0 Å². The third-order valence-corrected chi connectivity index (χ3v) is 3.16. The number of carbonyl (C=O) groups excluding carboxylic acids is 1. The van der Waals surface area contributed by atoms with Crippen molar-refractivity contribution in [3.8, 4) is 0 Å². The zero-order valence-electron chi connectivity index (χ0n) is 10.4. The molecule has 0 aliphatic carbocycles. The molecule has 1 aliphatic rings. The van der Waals surface area contributed by atoms with Crippen molar-refractivity contribution >= 4 is 5.91 Å². The molecule has 1 amide bonds. The van der Waals surface area contributed by atoms with Crippen LogP contribution in [0.5, 0.6) is 0 Å². The second-order valence-electron chi connectivity index (χ2n) is 4.33. The summed E-state index contributed by atoms with van der Waals surface area (Å²) < 4.78 is 1.89. The molecule has 0 bridgehead atoms. The van der Waals surface area contributed by atoms with Crippen molar-refractivity contribution in [3.05, 3.63) is 12.2 Å². The van der Waals surface area contributed by atoms with Gasteiger partial charge in [-0.15, -0.1) is 10.2 Å². The Morgan fingerprint density at radius 2 is 2.41 bits per heavy atom. The number of aryl methyl sites for hydroxylation is 1. The molecule has 6 nitrogen and oxygen atoms in total. The van der Waals surface area contributed by atoms with Crippen molar-refractivity contribution in [1.82, 2.24) is 25.0 Å². The molecule has 0 radical (unpaired) electrons.